The van der Waals surface area contributed by atoms with Crippen LogP contribution in [0.2, 0.25) is 0 Å². The summed E-state index contributed by atoms with van der Waals surface area (Å²) in [5.74, 6) is 2.53. The van der Waals surface area contributed by atoms with E-state index >= 15 is 0 Å². The number of ether oxygens (including phenoxy) is 1. The first-order valence-corrected chi connectivity index (χ1v) is 9.27. The largest absolute Gasteiger partial charge is 0.457 e. The van der Waals surface area contributed by atoms with Gasteiger partial charge in [-0.1, -0.05) is 68.4 Å². The van der Waals surface area contributed by atoms with Gasteiger partial charge in [0.05, 0.1) is 0 Å². The van der Waals surface area contributed by atoms with E-state index in [4.69, 9.17) is 10.5 Å². The summed E-state index contributed by atoms with van der Waals surface area (Å²) in [6.45, 7) is 5.05. The highest BCUT2D eigenvalue weighted by Gasteiger charge is 2.12. The summed E-state index contributed by atoms with van der Waals surface area (Å²) >= 11 is 0. The van der Waals surface area contributed by atoms with Crippen molar-refractivity contribution in [1.82, 2.24) is 0 Å². The Morgan fingerprint density at radius 1 is 0.769 bits per heavy atom. The highest BCUT2D eigenvalue weighted by molar-refractivity contribution is 5.36. The van der Waals surface area contributed by atoms with Gasteiger partial charge in [-0.2, -0.15) is 0 Å². The summed E-state index contributed by atoms with van der Waals surface area (Å²) in [5.41, 5.74) is 10.00. The van der Waals surface area contributed by atoms with Crippen molar-refractivity contribution in [3.63, 3.8) is 0 Å². The maximum absolute atomic E-state index is 6.09. The lowest BCUT2D eigenvalue weighted by Gasteiger charge is -2.17. The Labute approximate surface area is 156 Å². The van der Waals surface area contributed by atoms with Gasteiger partial charge in [-0.15, -0.1) is 0 Å². The van der Waals surface area contributed by atoms with Crippen LogP contribution in [0.3, 0.4) is 0 Å². The van der Waals surface area contributed by atoms with Gasteiger partial charge in [-0.3, -0.25) is 0 Å². The molecule has 0 heterocycles. The van der Waals surface area contributed by atoms with Gasteiger partial charge in [0.15, 0.2) is 0 Å². The summed E-state index contributed by atoms with van der Waals surface area (Å²) < 4.78 is 5.97. The average Bonchev–Trinajstić information content (AvgIpc) is 2.67. The van der Waals surface area contributed by atoms with Crippen LogP contribution in [0.5, 0.6) is 11.5 Å². The minimum absolute atomic E-state index is 0.277. The van der Waals surface area contributed by atoms with E-state index in [0.717, 1.165) is 17.9 Å². The van der Waals surface area contributed by atoms with Crippen LogP contribution in [-0.2, 0) is 6.42 Å². The van der Waals surface area contributed by atoms with E-state index < -0.39 is 0 Å². The monoisotopic (exact) mass is 345 g/mol. The molecule has 26 heavy (non-hydrogen) atoms. The molecule has 0 aliphatic rings. The van der Waals surface area contributed by atoms with Gasteiger partial charge in [0.25, 0.3) is 0 Å². The van der Waals surface area contributed by atoms with Crippen LogP contribution in [0.25, 0.3) is 0 Å². The lowest BCUT2D eigenvalue weighted by molar-refractivity contribution is 0.481. The smallest absolute Gasteiger partial charge is 0.127 e. The van der Waals surface area contributed by atoms with Crippen LogP contribution in [-0.4, -0.2) is 6.54 Å². The van der Waals surface area contributed by atoms with Gasteiger partial charge < -0.3 is 10.5 Å². The second-order valence-electron chi connectivity index (χ2n) is 7.02. The summed E-state index contributed by atoms with van der Waals surface area (Å²) in [7, 11) is 0. The third-order valence-electron chi connectivity index (χ3n) is 4.72. The molecule has 1 atom stereocenters. The van der Waals surface area contributed by atoms with Crippen LogP contribution in [0.1, 0.15) is 42.4 Å². The van der Waals surface area contributed by atoms with Gasteiger partial charge in [-0.05, 0) is 59.8 Å². The van der Waals surface area contributed by atoms with E-state index in [9.17, 15) is 0 Å². The zero-order valence-corrected chi connectivity index (χ0v) is 15.6. The molecule has 3 aromatic carbocycles. The van der Waals surface area contributed by atoms with Crippen LogP contribution in [0.4, 0.5) is 0 Å². The molecule has 0 fully saturated rings. The summed E-state index contributed by atoms with van der Waals surface area (Å²) in [6.07, 6.45) is 0.934. The van der Waals surface area contributed by atoms with Crippen molar-refractivity contribution in [3.8, 4) is 11.5 Å². The Morgan fingerprint density at radius 3 is 2.12 bits per heavy atom. The molecule has 2 nitrogen and oxygen atoms in total. The first-order chi connectivity index (χ1) is 12.7. The highest BCUT2D eigenvalue weighted by Crippen LogP contribution is 2.27. The van der Waals surface area contributed by atoms with Crippen molar-refractivity contribution in [3.05, 3.63) is 95.6 Å². The Balaban J connectivity index is 1.74. The first kappa shape index (κ1) is 18.2. The third kappa shape index (κ3) is 4.74. The zero-order chi connectivity index (χ0) is 18.4. The molecule has 3 rings (SSSR count). The van der Waals surface area contributed by atoms with Crippen molar-refractivity contribution in [2.45, 2.75) is 32.1 Å². The topological polar surface area (TPSA) is 35.2 Å². The summed E-state index contributed by atoms with van der Waals surface area (Å²) in [4.78, 5) is 0. The fraction of sp³-hybridized carbons (Fsp3) is 0.250. The van der Waals surface area contributed by atoms with Gasteiger partial charge >= 0.3 is 0 Å². The molecule has 0 saturated heterocycles. The van der Waals surface area contributed by atoms with Crippen LogP contribution in [0.15, 0.2) is 78.9 Å². The molecule has 0 aliphatic heterocycles. The van der Waals surface area contributed by atoms with Crippen molar-refractivity contribution in [2.24, 2.45) is 5.73 Å². The molecule has 0 bridgehead atoms. The SMILES string of the molecule is CC(C)c1ccc(CC(CN)c2cccc(Oc3ccccc3)c2)cc1. The standard InChI is InChI=1S/C24H27NO/c1-18(2)20-13-11-19(12-14-20)15-22(17-25)21-7-6-10-24(16-21)26-23-8-4-3-5-9-23/h3-14,16,18,22H,15,17,25H2,1-2H3. The van der Waals surface area contributed by atoms with Crippen molar-refractivity contribution in [1.29, 1.82) is 0 Å². The van der Waals surface area contributed by atoms with E-state index in [0.29, 0.717) is 12.5 Å². The zero-order valence-electron chi connectivity index (χ0n) is 15.6. The molecule has 134 valence electrons. The van der Waals surface area contributed by atoms with Gasteiger partial charge in [-0.25, -0.2) is 0 Å². The Hall–Kier alpha value is -2.58. The molecular formula is C24H27NO. The molecule has 2 N–H and O–H groups in total. The number of hydrogen-bond donors (Lipinski definition) is 1. The minimum Gasteiger partial charge on any atom is -0.457 e. The second kappa shape index (κ2) is 8.68. The molecule has 3 aromatic rings. The van der Waals surface area contributed by atoms with E-state index in [1.54, 1.807) is 0 Å². The molecule has 0 spiro atoms. The predicted octanol–water partition coefficient (Wildman–Crippen LogP) is 5.89. The summed E-state index contributed by atoms with van der Waals surface area (Å²) in [6, 6.07) is 27.0. The lowest BCUT2D eigenvalue weighted by atomic mass is 9.91. The molecule has 1 unspecified atom stereocenters. The van der Waals surface area contributed by atoms with Crippen molar-refractivity contribution in [2.75, 3.05) is 6.54 Å². The molecular weight excluding hydrogens is 318 g/mol. The van der Waals surface area contributed by atoms with E-state index in [1.165, 1.54) is 16.7 Å². The van der Waals surface area contributed by atoms with Crippen LogP contribution in [0, 0.1) is 0 Å². The van der Waals surface area contributed by atoms with Crippen LogP contribution < -0.4 is 10.5 Å². The molecule has 0 amide bonds. The molecule has 0 aliphatic carbocycles. The number of nitrogens with two attached hydrogens (primary N) is 1. The number of para-hydroxylation sites is 1. The number of rotatable bonds is 7. The molecule has 0 radical (unpaired) electrons. The fourth-order valence-corrected chi connectivity index (χ4v) is 3.12. The number of benzene rings is 3. The van der Waals surface area contributed by atoms with Crippen LogP contribution >= 0.6 is 0 Å². The maximum atomic E-state index is 6.09. The first-order valence-electron chi connectivity index (χ1n) is 9.27. The molecule has 0 saturated carbocycles. The predicted molar refractivity (Wildman–Crippen MR) is 109 cm³/mol. The highest BCUT2D eigenvalue weighted by atomic mass is 16.5. The maximum Gasteiger partial charge on any atom is 0.127 e. The van der Waals surface area contributed by atoms with Gasteiger partial charge in [0.2, 0.25) is 0 Å². The van der Waals surface area contributed by atoms with Crippen molar-refractivity contribution < 1.29 is 4.74 Å². The Morgan fingerprint density at radius 2 is 1.46 bits per heavy atom. The normalized spacial score (nSPS) is 12.2. The average molecular weight is 345 g/mol. The van der Waals surface area contributed by atoms with Crippen molar-refractivity contribution >= 4 is 0 Å². The molecule has 2 heteroatoms. The Kier molecular flexibility index (Phi) is 6.08. The van der Waals surface area contributed by atoms with Gasteiger partial charge in [0, 0.05) is 5.92 Å². The third-order valence-corrected chi connectivity index (χ3v) is 4.72. The Bertz CT molecular complexity index is 809. The van der Waals surface area contributed by atoms with E-state index in [1.807, 2.05) is 42.5 Å². The lowest BCUT2D eigenvalue weighted by Crippen LogP contribution is -2.15. The molecule has 0 aromatic heterocycles. The van der Waals surface area contributed by atoms with E-state index in [2.05, 4.69) is 50.2 Å². The number of hydrogen-bond acceptors (Lipinski definition) is 2. The second-order valence-corrected chi connectivity index (χ2v) is 7.02. The minimum atomic E-state index is 0.277. The quantitative estimate of drug-likeness (QED) is 0.579. The van der Waals surface area contributed by atoms with E-state index in [-0.39, 0.29) is 5.92 Å². The summed E-state index contributed by atoms with van der Waals surface area (Å²) in [5, 5.41) is 0. The fourth-order valence-electron chi connectivity index (χ4n) is 3.12. The van der Waals surface area contributed by atoms with Gasteiger partial charge in [0.1, 0.15) is 11.5 Å².